The maximum atomic E-state index is 13.9. The number of H-pyrrole nitrogens is 1. The van der Waals surface area contributed by atoms with Crippen LogP contribution in [0.5, 0.6) is 0 Å². The summed E-state index contributed by atoms with van der Waals surface area (Å²) < 4.78 is 39.3. The maximum absolute atomic E-state index is 13.9. The minimum atomic E-state index is -3.56. The average Bonchev–Trinajstić information content (AvgIpc) is 3.17. The second-order valence-corrected chi connectivity index (χ2v) is 9.60. The molecule has 0 aliphatic rings. The van der Waals surface area contributed by atoms with Crippen molar-refractivity contribution in [1.82, 2.24) is 14.3 Å². The fourth-order valence-electron chi connectivity index (χ4n) is 3.24. The van der Waals surface area contributed by atoms with Crippen LogP contribution in [0.2, 0.25) is 0 Å². The van der Waals surface area contributed by atoms with Gasteiger partial charge in [0.2, 0.25) is 10.0 Å². The predicted molar refractivity (Wildman–Crippen MR) is 121 cm³/mol. The minimum Gasteiger partial charge on any atom is -0.342 e. The van der Waals surface area contributed by atoms with Gasteiger partial charge < -0.3 is 10.3 Å². The van der Waals surface area contributed by atoms with Crippen molar-refractivity contribution in [3.63, 3.8) is 0 Å². The summed E-state index contributed by atoms with van der Waals surface area (Å²) >= 11 is 0. The first-order valence-corrected chi connectivity index (χ1v) is 11.2. The van der Waals surface area contributed by atoms with Crippen molar-refractivity contribution in [3.8, 4) is 0 Å². The number of carbonyl (C=O) groups is 1. The monoisotopic (exact) mass is 452 g/mol. The number of fused-ring (bicyclic) bond motifs is 1. The third kappa shape index (κ3) is 4.39. The number of sulfonamides is 1. The molecule has 4 rings (SSSR count). The first kappa shape index (κ1) is 21.7. The Labute approximate surface area is 185 Å². The summed E-state index contributed by atoms with van der Waals surface area (Å²) in [4.78, 5) is 20.3. The van der Waals surface area contributed by atoms with E-state index in [1.807, 2.05) is 0 Å². The minimum absolute atomic E-state index is 0.111. The molecule has 9 heteroatoms. The summed E-state index contributed by atoms with van der Waals surface area (Å²) in [6.07, 6.45) is 0.325. The lowest BCUT2D eigenvalue weighted by atomic mass is 10.1. The van der Waals surface area contributed by atoms with Gasteiger partial charge in [-0.2, -0.15) is 0 Å². The summed E-state index contributed by atoms with van der Waals surface area (Å²) in [5, 5.41) is 2.79. The second kappa shape index (κ2) is 8.52. The number of imidazole rings is 1. The molecular weight excluding hydrogens is 431 g/mol. The van der Waals surface area contributed by atoms with Crippen molar-refractivity contribution in [2.75, 3.05) is 19.4 Å². The van der Waals surface area contributed by atoms with Crippen molar-refractivity contribution >= 4 is 32.7 Å². The number of amides is 1. The zero-order valence-electron chi connectivity index (χ0n) is 17.5. The summed E-state index contributed by atoms with van der Waals surface area (Å²) in [5.41, 5.74) is 2.83. The van der Waals surface area contributed by atoms with Crippen LogP contribution in [-0.2, 0) is 16.4 Å². The van der Waals surface area contributed by atoms with Crippen molar-refractivity contribution in [1.29, 1.82) is 0 Å². The van der Waals surface area contributed by atoms with Crippen molar-refractivity contribution in [3.05, 3.63) is 89.5 Å². The number of rotatable bonds is 6. The summed E-state index contributed by atoms with van der Waals surface area (Å²) in [6.45, 7) is 0. The van der Waals surface area contributed by atoms with Crippen LogP contribution >= 0.6 is 0 Å². The highest BCUT2D eigenvalue weighted by Crippen LogP contribution is 2.21. The molecule has 0 saturated heterocycles. The Bertz CT molecular complexity index is 1400. The number of carbonyl (C=O) groups excluding carboxylic acids is 1. The van der Waals surface area contributed by atoms with Crippen LogP contribution in [0.1, 0.15) is 21.7 Å². The Morgan fingerprint density at radius 2 is 1.78 bits per heavy atom. The number of hydrogen-bond donors (Lipinski definition) is 2. The number of nitrogens with zero attached hydrogens (tertiary/aromatic N) is 2. The summed E-state index contributed by atoms with van der Waals surface area (Å²) in [5.74, 6) is -0.0409. The molecule has 0 atom stereocenters. The molecule has 0 radical (unpaired) electrons. The fourth-order valence-corrected chi connectivity index (χ4v) is 4.14. The number of nitrogens with one attached hydrogen (secondary N) is 2. The summed E-state index contributed by atoms with van der Waals surface area (Å²) in [7, 11) is -0.663. The van der Waals surface area contributed by atoms with Gasteiger partial charge in [-0.15, -0.1) is 0 Å². The zero-order valence-corrected chi connectivity index (χ0v) is 18.3. The van der Waals surface area contributed by atoms with Crippen LogP contribution in [0.4, 0.5) is 10.1 Å². The van der Waals surface area contributed by atoms with E-state index in [9.17, 15) is 17.6 Å². The molecule has 0 bridgehead atoms. The smallest absolute Gasteiger partial charge is 0.255 e. The normalized spacial score (nSPS) is 11.8. The van der Waals surface area contributed by atoms with Crippen LogP contribution in [0, 0.1) is 5.82 Å². The molecule has 0 aliphatic carbocycles. The molecule has 32 heavy (non-hydrogen) atoms. The van der Waals surface area contributed by atoms with Crippen molar-refractivity contribution < 1.29 is 17.6 Å². The van der Waals surface area contributed by atoms with Gasteiger partial charge in [-0.3, -0.25) is 4.79 Å². The lowest BCUT2D eigenvalue weighted by Gasteiger charge is -2.11. The molecule has 2 N–H and O–H groups in total. The van der Waals surface area contributed by atoms with Gasteiger partial charge in [-0.25, -0.2) is 22.1 Å². The molecule has 1 amide bonds. The van der Waals surface area contributed by atoms with E-state index in [1.54, 1.807) is 36.4 Å². The molecule has 0 aliphatic heterocycles. The van der Waals surface area contributed by atoms with Gasteiger partial charge in [0, 0.05) is 31.8 Å². The highest BCUT2D eigenvalue weighted by Gasteiger charge is 2.17. The Hall–Kier alpha value is -3.56. The quantitative estimate of drug-likeness (QED) is 0.465. The number of halogens is 1. The van der Waals surface area contributed by atoms with E-state index in [-0.39, 0.29) is 16.6 Å². The van der Waals surface area contributed by atoms with Crippen molar-refractivity contribution in [2.45, 2.75) is 11.3 Å². The standard InChI is InChI=1S/C23H21FN4O3S/c1-28(2)32(30,31)18-10-7-15(8-11-18)23(29)25-17-9-12-20-21(14-17)27-22(26-20)13-16-5-3-4-6-19(16)24/h3-12,14H,13H2,1-2H3,(H,25,29)(H,26,27). The van der Waals surface area contributed by atoms with E-state index < -0.39 is 10.0 Å². The molecule has 0 saturated carbocycles. The van der Waals surface area contributed by atoms with Crippen LogP contribution in [0.25, 0.3) is 11.0 Å². The Balaban J connectivity index is 1.50. The van der Waals surface area contributed by atoms with Gasteiger partial charge >= 0.3 is 0 Å². The fraction of sp³-hybridized carbons (Fsp3) is 0.130. The number of hydrogen-bond acceptors (Lipinski definition) is 4. The lowest BCUT2D eigenvalue weighted by Crippen LogP contribution is -2.22. The molecule has 0 fully saturated rings. The molecule has 0 spiro atoms. The molecule has 164 valence electrons. The average molecular weight is 453 g/mol. The third-order valence-corrected chi connectivity index (χ3v) is 6.83. The first-order chi connectivity index (χ1) is 15.2. The largest absolute Gasteiger partial charge is 0.342 e. The molecule has 7 nitrogen and oxygen atoms in total. The van der Waals surface area contributed by atoms with Gasteiger partial charge in [0.1, 0.15) is 11.6 Å². The van der Waals surface area contributed by atoms with Crippen LogP contribution in [-0.4, -0.2) is 42.7 Å². The number of benzene rings is 3. The van der Waals surface area contributed by atoms with Gasteiger partial charge in [-0.05, 0) is 54.1 Å². The van der Waals surface area contributed by atoms with Crippen LogP contribution in [0.15, 0.2) is 71.6 Å². The van der Waals surface area contributed by atoms with Crippen molar-refractivity contribution in [2.24, 2.45) is 0 Å². The van der Waals surface area contributed by atoms with E-state index in [0.717, 1.165) is 4.31 Å². The SMILES string of the molecule is CN(C)S(=O)(=O)c1ccc(C(=O)Nc2ccc3nc(Cc4ccccc4F)[nH]c3c2)cc1. The summed E-state index contributed by atoms with van der Waals surface area (Å²) in [6, 6.07) is 17.5. The second-order valence-electron chi connectivity index (χ2n) is 7.45. The Morgan fingerprint density at radius 1 is 1.06 bits per heavy atom. The highest BCUT2D eigenvalue weighted by atomic mass is 32.2. The first-order valence-electron chi connectivity index (χ1n) is 9.80. The molecular formula is C23H21FN4O3S. The number of aromatic amines is 1. The van der Waals surface area contributed by atoms with Gasteiger partial charge in [-0.1, -0.05) is 18.2 Å². The van der Waals surface area contributed by atoms with Gasteiger partial charge in [0.25, 0.3) is 5.91 Å². The zero-order chi connectivity index (χ0) is 22.9. The lowest BCUT2D eigenvalue weighted by molar-refractivity contribution is 0.102. The van der Waals surface area contributed by atoms with Crippen LogP contribution in [0.3, 0.4) is 0 Å². The Morgan fingerprint density at radius 3 is 2.47 bits per heavy atom. The third-order valence-electron chi connectivity index (χ3n) is 5.00. The van der Waals surface area contributed by atoms with E-state index >= 15 is 0 Å². The molecule has 4 aromatic rings. The maximum Gasteiger partial charge on any atom is 0.255 e. The van der Waals surface area contributed by atoms with E-state index in [2.05, 4.69) is 15.3 Å². The van der Waals surface area contributed by atoms with E-state index in [1.165, 1.54) is 44.4 Å². The predicted octanol–water partition coefficient (Wildman–Crippen LogP) is 3.80. The highest BCUT2D eigenvalue weighted by molar-refractivity contribution is 7.89. The molecule has 3 aromatic carbocycles. The van der Waals surface area contributed by atoms with E-state index in [4.69, 9.17) is 0 Å². The number of anilines is 1. The van der Waals surface area contributed by atoms with Crippen LogP contribution < -0.4 is 5.32 Å². The topological polar surface area (TPSA) is 95.2 Å². The number of aromatic nitrogens is 2. The molecule has 1 heterocycles. The molecule has 0 unspecified atom stereocenters. The Kier molecular flexibility index (Phi) is 5.77. The van der Waals surface area contributed by atoms with Gasteiger partial charge in [0.15, 0.2) is 0 Å². The van der Waals surface area contributed by atoms with E-state index in [0.29, 0.717) is 40.1 Å². The molecule has 1 aromatic heterocycles. The van der Waals surface area contributed by atoms with Gasteiger partial charge in [0.05, 0.1) is 15.9 Å².